The Morgan fingerprint density at radius 3 is 2.42 bits per heavy atom. The van der Waals surface area contributed by atoms with E-state index >= 15 is 0 Å². The van der Waals surface area contributed by atoms with Crippen molar-refractivity contribution in [1.82, 2.24) is 9.55 Å². The third-order valence-corrected chi connectivity index (χ3v) is 6.88. The second kappa shape index (κ2) is 10.5. The second-order valence-electron chi connectivity index (χ2n) is 11.3. The van der Waals surface area contributed by atoms with Gasteiger partial charge in [-0.3, -0.25) is 0 Å². The lowest BCUT2D eigenvalue weighted by atomic mass is 9.70. The lowest BCUT2D eigenvalue weighted by Crippen LogP contribution is -2.30. The molecule has 0 saturated heterocycles. The topological polar surface area (TPSA) is 62.6 Å². The smallest absolute Gasteiger partial charge is 0.490 e. The lowest BCUT2D eigenvalue weighted by molar-refractivity contribution is -0.274. The highest BCUT2D eigenvalue weighted by Gasteiger charge is 2.35. The highest BCUT2D eigenvalue weighted by atomic mass is 19.4. The van der Waals surface area contributed by atoms with Crippen molar-refractivity contribution < 1.29 is 32.2 Å². The molecule has 0 amide bonds. The number of hydrogen-bond acceptors (Lipinski definition) is 5. The zero-order valence-corrected chi connectivity index (χ0v) is 22.7. The fourth-order valence-corrected chi connectivity index (χ4v) is 5.81. The van der Waals surface area contributed by atoms with Gasteiger partial charge in [0.2, 0.25) is 0 Å². The molecule has 206 valence electrons. The second-order valence-corrected chi connectivity index (χ2v) is 11.3. The predicted octanol–water partition coefficient (Wildman–Crippen LogP) is 7.49. The molecule has 1 aliphatic carbocycles. The standard InChI is InChI=1S/C29H35F3N2O4/c1-17(2)37-25-14-24-23(13-22(25)27(35)36-6)33-26(34(24)20-11-18(3)15-28(4,5)16-20)12-19-7-9-21(10-8-19)38-29(30,31)32/h7-10,13-14,17-18,20H,11-12,15-16H2,1-6H3/t18-,20+/m1/s1. The van der Waals surface area contributed by atoms with Crippen molar-refractivity contribution in [1.29, 1.82) is 0 Å². The van der Waals surface area contributed by atoms with Crippen LogP contribution in [-0.2, 0) is 11.2 Å². The first-order valence-electron chi connectivity index (χ1n) is 12.9. The van der Waals surface area contributed by atoms with Crippen LogP contribution in [-0.4, -0.2) is 35.1 Å². The summed E-state index contributed by atoms with van der Waals surface area (Å²) in [7, 11) is 1.33. The maximum absolute atomic E-state index is 12.6. The molecule has 0 spiro atoms. The van der Waals surface area contributed by atoms with Crippen LogP contribution in [0.1, 0.15) is 81.7 Å². The molecule has 2 atom stereocenters. The molecule has 1 fully saturated rings. The molecule has 1 saturated carbocycles. The predicted molar refractivity (Wildman–Crippen MR) is 139 cm³/mol. The van der Waals surface area contributed by atoms with Crippen molar-refractivity contribution >= 4 is 17.0 Å². The number of imidazole rings is 1. The summed E-state index contributed by atoms with van der Waals surface area (Å²) in [5, 5.41) is 0. The molecule has 4 rings (SSSR count). The van der Waals surface area contributed by atoms with E-state index < -0.39 is 12.3 Å². The van der Waals surface area contributed by atoms with E-state index in [0.717, 1.165) is 36.2 Å². The number of aromatic nitrogens is 2. The number of esters is 1. The van der Waals surface area contributed by atoms with Crippen molar-refractivity contribution in [3.63, 3.8) is 0 Å². The fraction of sp³-hybridized carbons (Fsp3) is 0.517. The van der Waals surface area contributed by atoms with Crippen LogP contribution in [0.3, 0.4) is 0 Å². The number of alkyl halides is 3. The summed E-state index contributed by atoms with van der Waals surface area (Å²) in [5.74, 6) is 0.941. The first-order valence-corrected chi connectivity index (χ1v) is 12.9. The van der Waals surface area contributed by atoms with Crippen LogP contribution in [0.25, 0.3) is 11.0 Å². The summed E-state index contributed by atoms with van der Waals surface area (Å²) in [6.07, 6.45) is -1.45. The molecule has 1 heterocycles. The van der Waals surface area contributed by atoms with Gasteiger partial charge >= 0.3 is 12.3 Å². The quantitative estimate of drug-likeness (QED) is 0.295. The molecule has 0 radical (unpaired) electrons. The summed E-state index contributed by atoms with van der Waals surface area (Å²) in [6, 6.07) is 9.59. The molecule has 2 aromatic carbocycles. The van der Waals surface area contributed by atoms with Gasteiger partial charge in [-0.15, -0.1) is 13.2 Å². The molecule has 38 heavy (non-hydrogen) atoms. The van der Waals surface area contributed by atoms with Crippen LogP contribution in [0.5, 0.6) is 11.5 Å². The highest BCUT2D eigenvalue weighted by molar-refractivity contribution is 5.97. The lowest BCUT2D eigenvalue weighted by Gasteiger charge is -2.40. The van der Waals surface area contributed by atoms with E-state index in [9.17, 15) is 18.0 Å². The third kappa shape index (κ3) is 6.42. The van der Waals surface area contributed by atoms with Gasteiger partial charge in [0, 0.05) is 18.5 Å². The first kappa shape index (κ1) is 27.8. The van der Waals surface area contributed by atoms with Crippen LogP contribution in [0.15, 0.2) is 36.4 Å². The van der Waals surface area contributed by atoms with Crippen LogP contribution in [0, 0.1) is 11.3 Å². The van der Waals surface area contributed by atoms with Gasteiger partial charge in [-0.25, -0.2) is 9.78 Å². The van der Waals surface area contributed by atoms with Gasteiger partial charge in [0.1, 0.15) is 22.9 Å². The van der Waals surface area contributed by atoms with E-state index in [1.807, 2.05) is 19.9 Å². The molecule has 6 nitrogen and oxygen atoms in total. The number of ether oxygens (including phenoxy) is 3. The third-order valence-electron chi connectivity index (χ3n) is 6.88. The summed E-state index contributed by atoms with van der Waals surface area (Å²) >= 11 is 0. The van der Waals surface area contributed by atoms with Gasteiger partial charge in [0.15, 0.2) is 0 Å². The van der Waals surface area contributed by atoms with Crippen molar-refractivity contribution in [2.24, 2.45) is 11.3 Å². The van der Waals surface area contributed by atoms with Crippen molar-refractivity contribution in [2.45, 2.75) is 78.8 Å². The van der Waals surface area contributed by atoms with E-state index in [-0.39, 0.29) is 23.3 Å². The number of nitrogens with zero attached hydrogens (tertiary/aromatic N) is 2. The monoisotopic (exact) mass is 532 g/mol. The van der Waals surface area contributed by atoms with Crippen LogP contribution in [0.2, 0.25) is 0 Å². The summed E-state index contributed by atoms with van der Waals surface area (Å²) in [6.45, 7) is 10.6. The SMILES string of the molecule is COC(=O)c1cc2nc(Cc3ccc(OC(F)(F)F)cc3)n([C@H]3C[C@@H](C)CC(C)(C)C3)c2cc1OC(C)C. The van der Waals surface area contributed by atoms with Gasteiger partial charge in [0.05, 0.1) is 24.2 Å². The number of fused-ring (bicyclic) bond motifs is 1. The van der Waals surface area contributed by atoms with Crippen molar-refractivity contribution in [2.75, 3.05) is 7.11 Å². The zero-order chi connectivity index (χ0) is 27.8. The molecule has 1 aromatic heterocycles. The van der Waals surface area contributed by atoms with Crippen LogP contribution >= 0.6 is 0 Å². The largest absolute Gasteiger partial charge is 0.573 e. The molecule has 9 heteroatoms. The molecular formula is C29H35F3N2O4. The Hall–Kier alpha value is -3.23. The first-order chi connectivity index (χ1) is 17.7. The Bertz CT molecular complexity index is 1300. The fourth-order valence-electron chi connectivity index (χ4n) is 5.81. The van der Waals surface area contributed by atoms with Crippen LogP contribution in [0.4, 0.5) is 13.2 Å². The zero-order valence-electron chi connectivity index (χ0n) is 22.7. The van der Waals surface area contributed by atoms with Gasteiger partial charge in [-0.1, -0.05) is 32.9 Å². The van der Waals surface area contributed by atoms with Gasteiger partial charge in [-0.05, 0) is 68.2 Å². The number of carbonyl (C=O) groups is 1. The Morgan fingerprint density at radius 2 is 1.84 bits per heavy atom. The summed E-state index contributed by atoms with van der Waals surface area (Å²) < 4.78 is 55.1. The van der Waals surface area contributed by atoms with E-state index in [1.54, 1.807) is 18.2 Å². The number of methoxy groups -OCH3 is 1. The maximum atomic E-state index is 12.6. The minimum atomic E-state index is -4.74. The molecule has 3 aromatic rings. The maximum Gasteiger partial charge on any atom is 0.573 e. The number of hydrogen-bond donors (Lipinski definition) is 0. The van der Waals surface area contributed by atoms with E-state index in [0.29, 0.717) is 29.2 Å². The normalized spacial score (nSPS) is 19.5. The summed E-state index contributed by atoms with van der Waals surface area (Å²) in [5.41, 5.74) is 2.73. The van der Waals surface area contributed by atoms with Crippen LogP contribution < -0.4 is 9.47 Å². The number of benzene rings is 2. The van der Waals surface area contributed by atoms with Gasteiger partial charge < -0.3 is 18.8 Å². The highest BCUT2D eigenvalue weighted by Crippen LogP contribution is 2.46. The van der Waals surface area contributed by atoms with E-state index in [2.05, 4.69) is 30.1 Å². The molecule has 0 aliphatic heterocycles. The average Bonchev–Trinajstić information content (AvgIpc) is 3.13. The number of halogens is 3. The Balaban J connectivity index is 1.82. The van der Waals surface area contributed by atoms with Gasteiger partial charge in [0.25, 0.3) is 0 Å². The summed E-state index contributed by atoms with van der Waals surface area (Å²) in [4.78, 5) is 17.5. The Kier molecular flexibility index (Phi) is 7.68. The van der Waals surface area contributed by atoms with E-state index in [1.165, 1.54) is 19.2 Å². The van der Waals surface area contributed by atoms with Crippen molar-refractivity contribution in [3.05, 3.63) is 53.3 Å². The van der Waals surface area contributed by atoms with Crippen molar-refractivity contribution in [3.8, 4) is 11.5 Å². The van der Waals surface area contributed by atoms with Gasteiger partial charge in [-0.2, -0.15) is 0 Å². The average molecular weight is 533 g/mol. The molecule has 1 aliphatic rings. The molecular weight excluding hydrogens is 497 g/mol. The minimum absolute atomic E-state index is 0.135. The molecule has 0 N–H and O–H groups in total. The number of carbonyl (C=O) groups excluding carboxylic acids is 1. The Morgan fingerprint density at radius 1 is 1.16 bits per heavy atom. The van der Waals surface area contributed by atoms with E-state index in [4.69, 9.17) is 14.5 Å². The minimum Gasteiger partial charge on any atom is -0.490 e. The Labute approximate surface area is 221 Å². The molecule has 0 unspecified atom stereocenters. The number of rotatable bonds is 7. The molecule has 0 bridgehead atoms.